The van der Waals surface area contributed by atoms with Gasteiger partial charge in [-0.3, -0.25) is 0 Å². The molecule has 10 aromatic rings. The third-order valence-corrected chi connectivity index (χ3v) is 14.9. The second kappa shape index (κ2) is 14.0. The first-order valence-corrected chi connectivity index (χ1v) is 22.6. The van der Waals surface area contributed by atoms with Crippen molar-refractivity contribution in [2.45, 2.75) is 36.5 Å². The second-order valence-electron chi connectivity index (χ2n) is 17.9. The molecule has 0 amide bonds. The van der Waals surface area contributed by atoms with Crippen LogP contribution >= 0.6 is 0 Å². The molecule has 13 rings (SSSR count). The van der Waals surface area contributed by atoms with Crippen LogP contribution < -0.4 is 4.90 Å². The lowest BCUT2D eigenvalue weighted by molar-refractivity contribution is 0.550. The second-order valence-corrected chi connectivity index (χ2v) is 17.9. The van der Waals surface area contributed by atoms with Crippen LogP contribution in [0.4, 0.5) is 17.1 Å². The van der Waals surface area contributed by atoms with E-state index in [1.807, 2.05) is 0 Å². The highest BCUT2D eigenvalue weighted by molar-refractivity contribution is 6.15. The average Bonchev–Trinajstić information content (AvgIpc) is 4.05. The Morgan fingerprint density at radius 2 is 0.873 bits per heavy atom. The topological polar surface area (TPSA) is 3.24 Å². The normalized spacial score (nSPS) is 15.0. The molecule has 3 aliphatic rings. The maximum Gasteiger partial charge on any atom is 0.0714 e. The van der Waals surface area contributed by atoms with Crippen LogP contribution in [-0.4, -0.2) is 0 Å². The monoisotopic (exact) mass is 803 g/mol. The van der Waals surface area contributed by atoms with Crippen LogP contribution in [0.25, 0.3) is 54.9 Å². The Kier molecular flexibility index (Phi) is 8.06. The fourth-order valence-electron chi connectivity index (χ4n) is 12.3. The highest BCUT2D eigenvalue weighted by atomic mass is 15.1. The summed E-state index contributed by atoms with van der Waals surface area (Å²) in [7, 11) is 0. The Morgan fingerprint density at radius 3 is 1.62 bits per heavy atom. The van der Waals surface area contributed by atoms with Crippen LogP contribution in [0.1, 0.15) is 59.1 Å². The van der Waals surface area contributed by atoms with Gasteiger partial charge >= 0.3 is 0 Å². The van der Waals surface area contributed by atoms with Gasteiger partial charge in [0, 0.05) is 22.1 Å². The van der Waals surface area contributed by atoms with E-state index < -0.39 is 5.41 Å². The Balaban J connectivity index is 1.10. The molecule has 0 aliphatic heterocycles. The fraction of sp³-hybridized carbons (Fsp3) is 0.0968. The lowest BCUT2D eigenvalue weighted by Gasteiger charge is -2.35. The van der Waals surface area contributed by atoms with E-state index in [2.05, 4.69) is 229 Å². The molecule has 1 saturated carbocycles. The number of hydrogen-bond donors (Lipinski definition) is 0. The van der Waals surface area contributed by atoms with Gasteiger partial charge < -0.3 is 4.90 Å². The molecule has 1 heteroatoms. The first-order chi connectivity index (χ1) is 31.2. The first-order valence-electron chi connectivity index (χ1n) is 22.6. The van der Waals surface area contributed by atoms with Gasteiger partial charge in [0.15, 0.2) is 0 Å². The SMILES string of the molecule is c1ccc(C2(c3ccccc3)c3ccccc3-c3ccc(N(c4ccccc4-c4ccc5c(c4)C4(CCCC4)c4ccccc4-5)c4cc5ccccc5c5ccccc45)cc32)cc1. The molecule has 0 bridgehead atoms. The summed E-state index contributed by atoms with van der Waals surface area (Å²) in [4.78, 5) is 2.57. The quantitative estimate of drug-likeness (QED) is 0.151. The van der Waals surface area contributed by atoms with Gasteiger partial charge in [-0.05, 0) is 121 Å². The standard InChI is InChI=1S/C62H45N/c1-3-20-44(21-4-1)62(45-22-5-2-6-23-45)56-31-15-12-28-51(56)53-36-34-46(41-58(53)62)63(60-40-42-19-7-8-24-47(42)49-26-9-10-29-54(49)60)59-32-16-13-25-48(59)43-33-35-52-50-27-11-14-30-55(50)61(57(52)39-43)37-17-18-38-61/h1-16,19-36,39-41H,17-18,37-38H2. The van der Waals surface area contributed by atoms with E-state index in [-0.39, 0.29) is 5.41 Å². The molecule has 1 spiro atoms. The molecule has 0 radical (unpaired) electrons. The Labute approximate surface area is 369 Å². The summed E-state index contributed by atoms with van der Waals surface area (Å²) in [6, 6.07) is 84.6. The van der Waals surface area contributed by atoms with Crippen molar-refractivity contribution in [1.29, 1.82) is 0 Å². The molecular formula is C62H45N. The molecular weight excluding hydrogens is 759 g/mol. The van der Waals surface area contributed by atoms with E-state index in [1.165, 1.54) is 114 Å². The molecule has 298 valence electrons. The highest BCUT2D eigenvalue weighted by Gasteiger charge is 2.47. The predicted molar refractivity (Wildman–Crippen MR) is 264 cm³/mol. The maximum absolute atomic E-state index is 2.57. The number of hydrogen-bond acceptors (Lipinski definition) is 1. The third-order valence-electron chi connectivity index (χ3n) is 14.9. The van der Waals surface area contributed by atoms with E-state index in [4.69, 9.17) is 0 Å². The van der Waals surface area contributed by atoms with Crippen LogP contribution in [0.5, 0.6) is 0 Å². The van der Waals surface area contributed by atoms with Gasteiger partial charge in [-0.15, -0.1) is 0 Å². The van der Waals surface area contributed by atoms with E-state index in [0.29, 0.717) is 0 Å². The Morgan fingerprint density at radius 1 is 0.333 bits per heavy atom. The van der Waals surface area contributed by atoms with E-state index in [9.17, 15) is 0 Å². The lowest BCUT2D eigenvalue weighted by Crippen LogP contribution is -2.28. The van der Waals surface area contributed by atoms with Crippen LogP contribution in [-0.2, 0) is 10.8 Å². The average molecular weight is 804 g/mol. The zero-order chi connectivity index (χ0) is 41.5. The van der Waals surface area contributed by atoms with Gasteiger partial charge in [0.25, 0.3) is 0 Å². The highest BCUT2D eigenvalue weighted by Crippen LogP contribution is 2.60. The van der Waals surface area contributed by atoms with Gasteiger partial charge in [-0.1, -0.05) is 207 Å². The van der Waals surface area contributed by atoms with E-state index >= 15 is 0 Å². The van der Waals surface area contributed by atoms with Crippen LogP contribution in [0.15, 0.2) is 224 Å². The van der Waals surface area contributed by atoms with Crippen molar-refractivity contribution >= 4 is 38.6 Å². The van der Waals surface area contributed by atoms with Crippen molar-refractivity contribution in [2.24, 2.45) is 0 Å². The van der Waals surface area contributed by atoms with Crippen LogP contribution in [0, 0.1) is 0 Å². The summed E-state index contributed by atoms with van der Waals surface area (Å²) >= 11 is 0. The molecule has 0 aromatic heterocycles. The molecule has 0 unspecified atom stereocenters. The summed E-state index contributed by atoms with van der Waals surface area (Å²) in [6.07, 6.45) is 4.96. The van der Waals surface area contributed by atoms with Gasteiger partial charge in [0.2, 0.25) is 0 Å². The van der Waals surface area contributed by atoms with Crippen LogP contribution in [0.2, 0.25) is 0 Å². The molecule has 0 saturated heterocycles. The summed E-state index contributed by atoms with van der Waals surface area (Å²) in [5, 5.41) is 4.97. The van der Waals surface area contributed by atoms with Crippen LogP contribution in [0.3, 0.4) is 0 Å². The van der Waals surface area contributed by atoms with E-state index in [1.54, 1.807) is 0 Å². The Hall–Kier alpha value is -7.48. The number of nitrogens with zero attached hydrogens (tertiary/aromatic N) is 1. The Bertz CT molecular complexity index is 3370. The fourth-order valence-corrected chi connectivity index (χ4v) is 12.3. The molecule has 0 atom stereocenters. The smallest absolute Gasteiger partial charge is 0.0714 e. The predicted octanol–water partition coefficient (Wildman–Crippen LogP) is 16.3. The molecule has 1 nitrogen and oxygen atoms in total. The number of benzene rings is 10. The number of anilines is 3. The first kappa shape index (κ1) is 36.2. The summed E-state index contributed by atoms with van der Waals surface area (Å²) in [5.41, 5.74) is 19.1. The maximum atomic E-state index is 2.57. The number of para-hydroxylation sites is 1. The lowest BCUT2D eigenvalue weighted by atomic mass is 9.67. The molecule has 0 heterocycles. The minimum Gasteiger partial charge on any atom is -0.309 e. The zero-order valence-corrected chi connectivity index (χ0v) is 35.1. The summed E-state index contributed by atoms with van der Waals surface area (Å²) in [6.45, 7) is 0. The minimum absolute atomic E-state index is 0.0817. The molecule has 1 fully saturated rings. The van der Waals surface area contributed by atoms with Crippen molar-refractivity contribution in [3.05, 3.63) is 258 Å². The molecule has 3 aliphatic carbocycles. The minimum atomic E-state index is -0.522. The molecule has 0 N–H and O–H groups in total. The van der Waals surface area contributed by atoms with Crippen molar-refractivity contribution in [3.63, 3.8) is 0 Å². The summed E-state index contributed by atoms with van der Waals surface area (Å²) in [5.74, 6) is 0. The van der Waals surface area contributed by atoms with Gasteiger partial charge in [0.1, 0.15) is 0 Å². The summed E-state index contributed by atoms with van der Waals surface area (Å²) < 4.78 is 0. The number of rotatable bonds is 6. The molecule has 10 aromatic carbocycles. The van der Waals surface area contributed by atoms with Crippen molar-refractivity contribution < 1.29 is 0 Å². The molecule has 63 heavy (non-hydrogen) atoms. The van der Waals surface area contributed by atoms with E-state index in [0.717, 1.165) is 17.1 Å². The number of fused-ring (bicyclic) bond motifs is 11. The largest absolute Gasteiger partial charge is 0.309 e. The van der Waals surface area contributed by atoms with Gasteiger partial charge in [0.05, 0.1) is 16.8 Å². The third kappa shape index (κ3) is 5.17. The van der Waals surface area contributed by atoms with Gasteiger partial charge in [-0.25, -0.2) is 0 Å². The zero-order valence-electron chi connectivity index (χ0n) is 35.1. The van der Waals surface area contributed by atoms with Crippen molar-refractivity contribution in [1.82, 2.24) is 0 Å². The van der Waals surface area contributed by atoms with Gasteiger partial charge in [-0.2, -0.15) is 0 Å². The van der Waals surface area contributed by atoms with Crippen molar-refractivity contribution in [3.8, 4) is 33.4 Å². The van der Waals surface area contributed by atoms with Crippen molar-refractivity contribution in [2.75, 3.05) is 4.90 Å².